The molecule has 0 saturated carbocycles. The lowest BCUT2D eigenvalue weighted by Gasteiger charge is -2.28. The molecule has 0 aliphatic heterocycles. The quantitative estimate of drug-likeness (QED) is 0.0458. The van der Waals surface area contributed by atoms with Crippen molar-refractivity contribution in [1.29, 1.82) is 0 Å². The molecular formula is C30H52NO8P. The largest absolute Gasteiger partial charge is 0.756 e. The number of ether oxygens (including phenoxy) is 2. The number of hydrogen-bond donors (Lipinski definition) is 0. The molecule has 0 rings (SSSR count). The van der Waals surface area contributed by atoms with E-state index in [-0.39, 0.29) is 19.6 Å². The Balaban J connectivity index is 4.13. The van der Waals surface area contributed by atoms with Crippen molar-refractivity contribution in [2.75, 3.05) is 47.5 Å². The number of hydrogen-bond acceptors (Lipinski definition) is 8. The second-order valence-electron chi connectivity index (χ2n) is 10.5. The Labute approximate surface area is 242 Å². The van der Waals surface area contributed by atoms with E-state index in [1.807, 2.05) is 21.1 Å². The molecule has 40 heavy (non-hydrogen) atoms. The highest BCUT2D eigenvalue weighted by molar-refractivity contribution is 7.45. The van der Waals surface area contributed by atoms with Gasteiger partial charge in [0.2, 0.25) is 0 Å². The van der Waals surface area contributed by atoms with Crippen LogP contribution < -0.4 is 4.89 Å². The van der Waals surface area contributed by atoms with Crippen LogP contribution in [0, 0.1) is 0 Å². The minimum absolute atomic E-state index is 0.0407. The summed E-state index contributed by atoms with van der Waals surface area (Å²) < 4.78 is 32.4. The molecule has 0 radical (unpaired) electrons. The lowest BCUT2D eigenvalue weighted by atomic mass is 10.1. The van der Waals surface area contributed by atoms with Crippen LogP contribution in [-0.2, 0) is 32.7 Å². The van der Waals surface area contributed by atoms with Crippen molar-refractivity contribution in [3.8, 4) is 0 Å². The maximum atomic E-state index is 12.2. The summed E-state index contributed by atoms with van der Waals surface area (Å²) in [6.45, 7) is 2.98. The van der Waals surface area contributed by atoms with Crippen molar-refractivity contribution in [3.05, 3.63) is 48.6 Å². The van der Waals surface area contributed by atoms with Gasteiger partial charge in [0.15, 0.2) is 6.10 Å². The molecule has 0 aliphatic carbocycles. The van der Waals surface area contributed by atoms with Crippen molar-refractivity contribution >= 4 is 19.8 Å². The van der Waals surface area contributed by atoms with Crippen LogP contribution in [0.5, 0.6) is 0 Å². The summed E-state index contributed by atoms with van der Waals surface area (Å²) in [4.78, 5) is 35.4. The van der Waals surface area contributed by atoms with Gasteiger partial charge in [0.25, 0.3) is 7.82 Å². The zero-order valence-electron chi connectivity index (χ0n) is 25.3. The van der Waals surface area contributed by atoms with Crippen molar-refractivity contribution in [1.82, 2.24) is 0 Å². The Morgan fingerprint density at radius 2 is 1.40 bits per heavy atom. The first-order chi connectivity index (χ1) is 18.9. The molecule has 9 nitrogen and oxygen atoms in total. The van der Waals surface area contributed by atoms with Gasteiger partial charge in [-0.3, -0.25) is 14.2 Å². The number of quaternary nitrogens is 1. The zero-order chi connectivity index (χ0) is 30.1. The molecule has 2 atom stereocenters. The SMILES string of the molecule is CC/C=C\C/C=C\C/C=C\C/C=C\CCCCCCC(=O)OC(COC(C)=O)COP(=O)([O-])OCC[N+](C)(C)C. The van der Waals surface area contributed by atoms with Gasteiger partial charge in [-0.1, -0.05) is 68.4 Å². The van der Waals surface area contributed by atoms with Crippen LogP contribution in [0.25, 0.3) is 0 Å². The summed E-state index contributed by atoms with van der Waals surface area (Å²) in [5, 5.41) is 0. The predicted octanol–water partition coefficient (Wildman–Crippen LogP) is 5.81. The van der Waals surface area contributed by atoms with Crippen molar-refractivity contribution < 1.29 is 42.1 Å². The van der Waals surface area contributed by atoms with E-state index in [2.05, 4.69) is 55.5 Å². The number of phosphoric ester groups is 1. The summed E-state index contributed by atoms with van der Waals surface area (Å²) >= 11 is 0. The molecule has 0 spiro atoms. The number of carbonyl (C=O) groups excluding carboxylic acids is 2. The second kappa shape index (κ2) is 23.7. The first kappa shape index (κ1) is 38.0. The van der Waals surface area contributed by atoms with E-state index in [1.165, 1.54) is 6.92 Å². The molecule has 0 N–H and O–H groups in total. The summed E-state index contributed by atoms with van der Waals surface area (Å²) in [5.41, 5.74) is 0. The van der Waals surface area contributed by atoms with Crippen molar-refractivity contribution in [3.63, 3.8) is 0 Å². The molecule has 0 amide bonds. The lowest BCUT2D eigenvalue weighted by molar-refractivity contribution is -0.870. The van der Waals surface area contributed by atoms with Crippen LogP contribution in [0.2, 0.25) is 0 Å². The number of unbranched alkanes of at least 4 members (excludes halogenated alkanes) is 4. The van der Waals surface area contributed by atoms with E-state index in [9.17, 15) is 19.0 Å². The van der Waals surface area contributed by atoms with Gasteiger partial charge >= 0.3 is 11.9 Å². The highest BCUT2D eigenvalue weighted by Gasteiger charge is 2.21. The van der Waals surface area contributed by atoms with Gasteiger partial charge in [0, 0.05) is 13.3 Å². The molecule has 0 fully saturated rings. The number of nitrogens with zero attached hydrogens (tertiary/aromatic N) is 1. The number of phosphoric acid groups is 1. The number of allylic oxidation sites excluding steroid dienone is 8. The second-order valence-corrected chi connectivity index (χ2v) is 11.9. The molecule has 230 valence electrons. The molecule has 10 heteroatoms. The molecule has 0 saturated heterocycles. The van der Waals surface area contributed by atoms with Gasteiger partial charge in [-0.25, -0.2) is 0 Å². The highest BCUT2D eigenvalue weighted by Crippen LogP contribution is 2.38. The van der Waals surface area contributed by atoms with Gasteiger partial charge < -0.3 is 27.9 Å². The fourth-order valence-corrected chi connectivity index (χ4v) is 3.92. The van der Waals surface area contributed by atoms with E-state index in [0.29, 0.717) is 17.4 Å². The molecule has 0 aromatic rings. The first-order valence-corrected chi connectivity index (χ1v) is 15.7. The van der Waals surface area contributed by atoms with E-state index >= 15 is 0 Å². The van der Waals surface area contributed by atoms with Gasteiger partial charge in [-0.05, 0) is 44.9 Å². The van der Waals surface area contributed by atoms with E-state index in [0.717, 1.165) is 51.4 Å². The Kier molecular flexibility index (Phi) is 22.5. The molecule has 2 unspecified atom stereocenters. The third-order valence-corrected chi connectivity index (χ3v) is 6.39. The zero-order valence-corrected chi connectivity index (χ0v) is 26.2. The van der Waals surface area contributed by atoms with Crippen LogP contribution in [0.4, 0.5) is 0 Å². The average molecular weight is 586 g/mol. The normalized spacial score (nSPS) is 14.8. The Bertz CT molecular complexity index is 845. The van der Waals surface area contributed by atoms with E-state index < -0.39 is 32.5 Å². The van der Waals surface area contributed by atoms with Crippen molar-refractivity contribution in [2.45, 2.75) is 84.2 Å². The minimum atomic E-state index is -4.58. The predicted molar refractivity (Wildman–Crippen MR) is 157 cm³/mol. The topological polar surface area (TPSA) is 111 Å². The standard InChI is InChI=1S/C30H52NO8P/c1-6-7-8-9-10-11-12-13-14-15-16-17-18-19-20-21-22-23-30(33)39-29(26-36-28(2)32)27-38-40(34,35)37-25-24-31(3,4)5/h7-8,10-11,13-14,16-17,29H,6,9,12,15,18-27H2,1-5H3/b8-7-,11-10-,14-13-,17-16-. The fraction of sp³-hybridized carbons (Fsp3) is 0.667. The van der Waals surface area contributed by atoms with Gasteiger partial charge in [-0.15, -0.1) is 0 Å². The summed E-state index contributed by atoms with van der Waals surface area (Å²) in [7, 11) is 1.12. The maximum Gasteiger partial charge on any atom is 0.306 e. The van der Waals surface area contributed by atoms with Crippen LogP contribution in [0.1, 0.15) is 78.1 Å². The summed E-state index contributed by atoms with van der Waals surface area (Å²) in [6, 6.07) is 0. The number of esters is 2. The van der Waals surface area contributed by atoms with Crippen LogP contribution in [-0.4, -0.2) is 70.0 Å². The molecular weight excluding hydrogens is 533 g/mol. The first-order valence-electron chi connectivity index (χ1n) is 14.3. The van der Waals surface area contributed by atoms with Gasteiger partial charge in [0.05, 0.1) is 27.7 Å². The highest BCUT2D eigenvalue weighted by atomic mass is 31.2. The molecule has 0 aromatic carbocycles. The van der Waals surface area contributed by atoms with E-state index in [1.54, 1.807) is 0 Å². The number of carbonyl (C=O) groups is 2. The Morgan fingerprint density at radius 3 is 1.98 bits per heavy atom. The van der Waals surface area contributed by atoms with Crippen LogP contribution in [0.15, 0.2) is 48.6 Å². The minimum Gasteiger partial charge on any atom is -0.756 e. The molecule has 0 bridgehead atoms. The number of likely N-dealkylation sites (N-methyl/N-ethyl adjacent to an activating group) is 1. The van der Waals surface area contributed by atoms with Crippen LogP contribution >= 0.6 is 7.82 Å². The lowest BCUT2D eigenvalue weighted by Crippen LogP contribution is -2.37. The maximum absolute atomic E-state index is 12.2. The fourth-order valence-electron chi connectivity index (χ4n) is 3.19. The monoisotopic (exact) mass is 585 g/mol. The van der Waals surface area contributed by atoms with Gasteiger partial charge in [-0.2, -0.15) is 0 Å². The Morgan fingerprint density at radius 1 is 0.825 bits per heavy atom. The van der Waals surface area contributed by atoms with Gasteiger partial charge in [0.1, 0.15) is 19.8 Å². The average Bonchev–Trinajstić information content (AvgIpc) is 2.86. The van der Waals surface area contributed by atoms with Crippen LogP contribution in [0.3, 0.4) is 0 Å². The summed E-state index contributed by atoms with van der Waals surface area (Å²) in [6.07, 6.45) is 25.1. The number of rotatable bonds is 24. The third-order valence-electron chi connectivity index (χ3n) is 5.42. The molecule has 0 aliphatic rings. The third kappa shape index (κ3) is 27.5. The Hall–Kier alpha value is -2.03. The summed E-state index contributed by atoms with van der Waals surface area (Å²) in [5.74, 6) is -1.06. The van der Waals surface area contributed by atoms with E-state index in [4.69, 9.17) is 18.5 Å². The molecule has 0 heterocycles. The van der Waals surface area contributed by atoms with Crippen molar-refractivity contribution in [2.24, 2.45) is 0 Å². The molecule has 0 aromatic heterocycles. The smallest absolute Gasteiger partial charge is 0.306 e.